The van der Waals surface area contributed by atoms with Gasteiger partial charge < -0.3 is 10.2 Å². The van der Waals surface area contributed by atoms with Crippen molar-refractivity contribution in [3.05, 3.63) is 0 Å². The molecule has 2 rings (SSSR count). The maximum absolute atomic E-state index is 11.7. The number of amides is 1. The fourth-order valence-corrected chi connectivity index (χ4v) is 2.86. The first kappa shape index (κ1) is 12.7. The Balaban J connectivity index is 0.00000112. The van der Waals surface area contributed by atoms with Crippen LogP contribution in [-0.4, -0.2) is 56.9 Å². The van der Waals surface area contributed by atoms with Gasteiger partial charge in [0.2, 0.25) is 5.91 Å². The third-order valence-electron chi connectivity index (χ3n) is 2.79. The molecule has 0 unspecified atom stereocenters. The number of rotatable bonds is 1. The molecule has 0 bridgehead atoms. The van der Waals surface area contributed by atoms with E-state index in [1.165, 1.54) is 0 Å². The van der Waals surface area contributed by atoms with Gasteiger partial charge in [0.25, 0.3) is 0 Å². The Bertz CT molecular complexity index is 326. The molecule has 2 saturated heterocycles. The van der Waals surface area contributed by atoms with Crippen molar-refractivity contribution in [2.45, 2.75) is 0 Å². The summed E-state index contributed by atoms with van der Waals surface area (Å²) in [6.07, 6.45) is 0. The van der Waals surface area contributed by atoms with Gasteiger partial charge in [-0.1, -0.05) is 0 Å². The van der Waals surface area contributed by atoms with Gasteiger partial charge in [-0.2, -0.15) is 0 Å². The molecule has 0 atom stereocenters. The van der Waals surface area contributed by atoms with E-state index < -0.39 is 9.84 Å². The molecular formula is C8H15ClN2O3S. The van der Waals surface area contributed by atoms with Crippen molar-refractivity contribution in [3.63, 3.8) is 0 Å². The van der Waals surface area contributed by atoms with Gasteiger partial charge in [-0.05, 0) is 0 Å². The zero-order chi connectivity index (χ0) is 10.2. The molecule has 7 heteroatoms. The van der Waals surface area contributed by atoms with Crippen molar-refractivity contribution in [1.29, 1.82) is 0 Å². The van der Waals surface area contributed by atoms with Crippen LogP contribution in [0.25, 0.3) is 0 Å². The Kier molecular flexibility index (Phi) is 3.97. The van der Waals surface area contributed by atoms with Crippen LogP contribution < -0.4 is 5.32 Å². The molecule has 2 fully saturated rings. The maximum atomic E-state index is 11.7. The van der Waals surface area contributed by atoms with Gasteiger partial charge in [0.1, 0.15) is 0 Å². The van der Waals surface area contributed by atoms with Gasteiger partial charge in [-0.15, -0.1) is 12.4 Å². The predicted octanol–water partition coefficient (Wildman–Crippen LogP) is -1.12. The van der Waals surface area contributed by atoms with Crippen molar-refractivity contribution < 1.29 is 13.2 Å². The second kappa shape index (κ2) is 4.67. The Morgan fingerprint density at radius 2 is 1.73 bits per heavy atom. The lowest BCUT2D eigenvalue weighted by molar-refractivity contribution is -0.136. The van der Waals surface area contributed by atoms with E-state index in [0.29, 0.717) is 13.1 Å². The highest BCUT2D eigenvalue weighted by Crippen LogP contribution is 2.11. The van der Waals surface area contributed by atoms with Crippen LogP contribution in [0.1, 0.15) is 0 Å². The molecule has 15 heavy (non-hydrogen) atoms. The standard InChI is InChI=1S/C8H14N2O3S.ClH/c11-8(7-5-9-6-7)10-1-3-14(12,13)4-2-10;/h7,9H,1-6H2;1H. The fraction of sp³-hybridized carbons (Fsp3) is 0.875. The number of hydrogen-bond acceptors (Lipinski definition) is 4. The Labute approximate surface area is 95.5 Å². The third-order valence-corrected chi connectivity index (χ3v) is 4.40. The molecule has 2 aliphatic rings. The summed E-state index contributed by atoms with van der Waals surface area (Å²) in [7, 11) is -2.87. The van der Waals surface area contributed by atoms with E-state index in [4.69, 9.17) is 0 Å². The largest absolute Gasteiger partial charge is 0.340 e. The van der Waals surface area contributed by atoms with E-state index in [-0.39, 0.29) is 35.7 Å². The first-order chi connectivity index (χ1) is 6.58. The van der Waals surface area contributed by atoms with Crippen LogP contribution in [-0.2, 0) is 14.6 Å². The predicted molar refractivity (Wildman–Crippen MR) is 58.8 cm³/mol. The topological polar surface area (TPSA) is 66.5 Å². The van der Waals surface area contributed by atoms with Crippen molar-refractivity contribution in [1.82, 2.24) is 10.2 Å². The molecule has 0 aliphatic carbocycles. The second-order valence-corrected chi connectivity index (χ2v) is 6.14. The molecule has 0 saturated carbocycles. The van der Waals surface area contributed by atoms with Crippen molar-refractivity contribution >= 4 is 28.2 Å². The number of carbonyl (C=O) groups is 1. The molecule has 2 heterocycles. The summed E-state index contributed by atoms with van der Waals surface area (Å²) >= 11 is 0. The molecule has 0 radical (unpaired) electrons. The molecule has 1 N–H and O–H groups in total. The second-order valence-electron chi connectivity index (χ2n) is 3.83. The van der Waals surface area contributed by atoms with Crippen molar-refractivity contribution in [2.75, 3.05) is 37.7 Å². The lowest BCUT2D eigenvalue weighted by Gasteiger charge is -2.34. The zero-order valence-corrected chi connectivity index (χ0v) is 9.94. The van der Waals surface area contributed by atoms with Crippen molar-refractivity contribution in [3.8, 4) is 0 Å². The van der Waals surface area contributed by atoms with Crippen LogP contribution in [0.3, 0.4) is 0 Å². The highest BCUT2D eigenvalue weighted by atomic mass is 35.5. The summed E-state index contributed by atoms with van der Waals surface area (Å²) in [5.41, 5.74) is 0. The Morgan fingerprint density at radius 3 is 2.13 bits per heavy atom. The molecule has 5 nitrogen and oxygen atoms in total. The van der Waals surface area contributed by atoms with E-state index in [0.717, 1.165) is 13.1 Å². The quantitative estimate of drug-likeness (QED) is 0.644. The molecule has 1 amide bonds. The molecule has 0 spiro atoms. The maximum Gasteiger partial charge on any atom is 0.228 e. The number of carbonyl (C=O) groups excluding carboxylic acids is 1. The minimum atomic E-state index is -2.87. The van der Waals surface area contributed by atoms with Crippen LogP contribution in [0.4, 0.5) is 0 Å². The first-order valence-electron chi connectivity index (χ1n) is 4.78. The van der Waals surface area contributed by atoms with Crippen LogP contribution in [0, 0.1) is 5.92 Å². The summed E-state index contributed by atoms with van der Waals surface area (Å²) in [4.78, 5) is 13.4. The molecular weight excluding hydrogens is 240 g/mol. The first-order valence-corrected chi connectivity index (χ1v) is 6.60. The van der Waals surface area contributed by atoms with E-state index in [2.05, 4.69) is 5.32 Å². The number of sulfone groups is 1. The number of halogens is 1. The SMILES string of the molecule is Cl.O=C(C1CNC1)N1CCS(=O)(=O)CC1. The van der Waals surface area contributed by atoms with Gasteiger partial charge in [0.05, 0.1) is 17.4 Å². The van der Waals surface area contributed by atoms with Crippen LogP contribution >= 0.6 is 12.4 Å². The highest BCUT2D eigenvalue weighted by molar-refractivity contribution is 7.91. The lowest BCUT2D eigenvalue weighted by atomic mass is 10.0. The van der Waals surface area contributed by atoms with Crippen LogP contribution in [0.5, 0.6) is 0 Å². The lowest BCUT2D eigenvalue weighted by Crippen LogP contribution is -2.54. The van der Waals surface area contributed by atoms with E-state index in [9.17, 15) is 13.2 Å². The minimum absolute atomic E-state index is 0. The summed E-state index contributed by atoms with van der Waals surface area (Å²) in [6, 6.07) is 0. The summed E-state index contributed by atoms with van der Waals surface area (Å²) in [6.45, 7) is 2.22. The third kappa shape index (κ3) is 2.83. The fourth-order valence-electron chi connectivity index (χ4n) is 1.65. The van der Waals surface area contributed by atoms with E-state index in [1.807, 2.05) is 0 Å². The minimum Gasteiger partial charge on any atom is -0.340 e. The Hall–Kier alpha value is -0.330. The van der Waals surface area contributed by atoms with E-state index in [1.54, 1.807) is 4.90 Å². The monoisotopic (exact) mass is 254 g/mol. The zero-order valence-electron chi connectivity index (χ0n) is 8.31. The molecule has 0 aromatic carbocycles. The van der Waals surface area contributed by atoms with E-state index >= 15 is 0 Å². The number of hydrogen-bond donors (Lipinski definition) is 1. The normalized spacial score (nSPS) is 25.2. The van der Waals surface area contributed by atoms with Gasteiger partial charge in [0.15, 0.2) is 9.84 Å². The molecule has 2 aliphatic heterocycles. The highest BCUT2D eigenvalue weighted by Gasteiger charge is 2.32. The van der Waals surface area contributed by atoms with Gasteiger partial charge >= 0.3 is 0 Å². The summed E-state index contributed by atoms with van der Waals surface area (Å²) in [5.74, 6) is 0.437. The van der Waals surface area contributed by atoms with Gasteiger partial charge in [0, 0.05) is 26.2 Å². The van der Waals surface area contributed by atoms with Crippen molar-refractivity contribution in [2.24, 2.45) is 5.92 Å². The van der Waals surface area contributed by atoms with Crippen LogP contribution in [0.2, 0.25) is 0 Å². The smallest absolute Gasteiger partial charge is 0.228 e. The average Bonchev–Trinajstić information content (AvgIpc) is 2.00. The molecule has 88 valence electrons. The Morgan fingerprint density at radius 1 is 1.20 bits per heavy atom. The number of nitrogens with zero attached hydrogens (tertiary/aromatic N) is 1. The summed E-state index contributed by atoms with van der Waals surface area (Å²) < 4.78 is 22.2. The summed E-state index contributed by atoms with van der Waals surface area (Å²) in [5, 5.41) is 3.03. The molecule has 0 aromatic heterocycles. The van der Waals surface area contributed by atoms with Crippen LogP contribution in [0.15, 0.2) is 0 Å². The van der Waals surface area contributed by atoms with Gasteiger partial charge in [-0.3, -0.25) is 4.79 Å². The molecule has 0 aromatic rings. The number of nitrogens with one attached hydrogen (secondary N) is 1. The average molecular weight is 255 g/mol. The van der Waals surface area contributed by atoms with Gasteiger partial charge in [-0.25, -0.2) is 8.42 Å².